The maximum atomic E-state index is 11.8. The van der Waals surface area contributed by atoms with Gasteiger partial charge < -0.3 is 5.73 Å². The zero-order valence-electron chi connectivity index (χ0n) is 9.25. The number of nitrogens with two attached hydrogens (primary N) is 1. The summed E-state index contributed by atoms with van der Waals surface area (Å²) in [5.41, 5.74) is 5.75. The van der Waals surface area contributed by atoms with Gasteiger partial charge in [0.15, 0.2) is 0 Å². The van der Waals surface area contributed by atoms with Crippen molar-refractivity contribution in [1.82, 2.24) is 4.72 Å². The van der Waals surface area contributed by atoms with Crippen LogP contribution in [0.25, 0.3) is 0 Å². The summed E-state index contributed by atoms with van der Waals surface area (Å²) in [5, 5.41) is 8.58. The maximum absolute atomic E-state index is 11.8. The lowest BCUT2D eigenvalue weighted by molar-refractivity contribution is 0.562. The predicted octanol–water partition coefficient (Wildman–Crippen LogP) is 0.606. The number of benzene rings is 1. The second kappa shape index (κ2) is 6.57. The molecule has 5 nitrogen and oxygen atoms in total. The fraction of sp³-hybridized carbons (Fsp3) is 0.300. The maximum Gasteiger partial charge on any atom is 0.240 e. The molecule has 3 N–H and O–H groups in total. The average molecular weight is 276 g/mol. The summed E-state index contributed by atoms with van der Waals surface area (Å²) in [5.74, 6) is 0. The van der Waals surface area contributed by atoms with Crippen molar-refractivity contribution in [2.45, 2.75) is 17.9 Å². The number of rotatable bonds is 4. The first kappa shape index (κ1) is 15.9. The van der Waals surface area contributed by atoms with Crippen molar-refractivity contribution in [1.29, 1.82) is 5.26 Å². The van der Waals surface area contributed by atoms with E-state index in [0.29, 0.717) is 5.56 Å². The lowest BCUT2D eigenvalue weighted by atomic mass is 10.2. The Morgan fingerprint density at radius 2 is 1.94 bits per heavy atom. The van der Waals surface area contributed by atoms with Gasteiger partial charge in [-0.2, -0.15) is 5.26 Å². The van der Waals surface area contributed by atoms with Gasteiger partial charge in [-0.15, -0.1) is 12.4 Å². The molecule has 0 aliphatic carbocycles. The number of nitrogens with one attached hydrogen (secondary N) is 1. The van der Waals surface area contributed by atoms with Crippen LogP contribution in [0.3, 0.4) is 0 Å². The molecule has 0 bridgehead atoms. The molecule has 0 spiro atoms. The minimum atomic E-state index is -3.54. The van der Waals surface area contributed by atoms with Crippen molar-refractivity contribution in [3.05, 3.63) is 29.8 Å². The summed E-state index contributed by atoms with van der Waals surface area (Å²) >= 11 is 0. The van der Waals surface area contributed by atoms with Gasteiger partial charge in [0.1, 0.15) is 0 Å². The Morgan fingerprint density at radius 3 is 2.35 bits per heavy atom. The van der Waals surface area contributed by atoms with Crippen LogP contribution in [0.1, 0.15) is 12.5 Å². The lowest BCUT2D eigenvalue weighted by Crippen LogP contribution is -2.37. The molecule has 17 heavy (non-hydrogen) atoms. The molecule has 0 radical (unpaired) electrons. The third-order valence-electron chi connectivity index (χ3n) is 2.00. The molecule has 0 aliphatic rings. The summed E-state index contributed by atoms with van der Waals surface area (Å²) in [6.45, 7) is 1.91. The first-order chi connectivity index (χ1) is 7.49. The highest BCUT2D eigenvalue weighted by Crippen LogP contribution is 2.10. The Hall–Kier alpha value is -1.13. The van der Waals surface area contributed by atoms with Gasteiger partial charge in [0.2, 0.25) is 10.0 Å². The summed E-state index contributed by atoms with van der Waals surface area (Å²) in [4.78, 5) is 0.131. The van der Waals surface area contributed by atoms with Crippen LogP contribution in [-0.4, -0.2) is 21.0 Å². The third-order valence-corrected chi connectivity index (χ3v) is 3.61. The van der Waals surface area contributed by atoms with Crippen LogP contribution in [0.4, 0.5) is 0 Å². The van der Waals surface area contributed by atoms with Crippen LogP contribution < -0.4 is 10.5 Å². The van der Waals surface area contributed by atoms with Crippen molar-refractivity contribution < 1.29 is 8.42 Å². The summed E-state index contributed by atoms with van der Waals surface area (Å²) in [7, 11) is -3.54. The van der Waals surface area contributed by atoms with E-state index in [1.54, 1.807) is 6.92 Å². The molecule has 1 atom stereocenters. The fourth-order valence-corrected chi connectivity index (χ4v) is 2.35. The van der Waals surface area contributed by atoms with Crippen molar-refractivity contribution in [3.8, 4) is 6.07 Å². The number of nitriles is 1. The number of halogens is 1. The minimum Gasteiger partial charge on any atom is -0.329 e. The molecule has 1 aromatic rings. The molecule has 0 amide bonds. The van der Waals surface area contributed by atoms with Crippen LogP contribution >= 0.6 is 12.4 Å². The van der Waals surface area contributed by atoms with Gasteiger partial charge in [-0.25, -0.2) is 13.1 Å². The molecule has 0 fully saturated rings. The van der Waals surface area contributed by atoms with Gasteiger partial charge in [-0.3, -0.25) is 0 Å². The number of nitrogens with zero attached hydrogens (tertiary/aromatic N) is 1. The molecule has 0 unspecified atom stereocenters. The highest BCUT2D eigenvalue weighted by molar-refractivity contribution is 7.89. The van der Waals surface area contributed by atoms with Crippen LogP contribution in [-0.2, 0) is 10.0 Å². The largest absolute Gasteiger partial charge is 0.329 e. The van der Waals surface area contributed by atoms with E-state index in [0.717, 1.165) is 0 Å². The van der Waals surface area contributed by atoms with Gasteiger partial charge >= 0.3 is 0 Å². The van der Waals surface area contributed by atoms with Gasteiger partial charge in [0, 0.05) is 12.6 Å². The van der Waals surface area contributed by atoms with Gasteiger partial charge in [-0.1, -0.05) is 0 Å². The Balaban J connectivity index is 0.00000256. The van der Waals surface area contributed by atoms with E-state index in [9.17, 15) is 8.42 Å². The quantitative estimate of drug-likeness (QED) is 0.841. The number of sulfonamides is 1. The Bertz CT molecular complexity index is 493. The van der Waals surface area contributed by atoms with Crippen LogP contribution in [0.15, 0.2) is 29.2 Å². The zero-order chi connectivity index (χ0) is 12.2. The number of hydrogen-bond donors (Lipinski definition) is 2. The molecule has 1 rings (SSSR count). The van der Waals surface area contributed by atoms with E-state index in [2.05, 4.69) is 4.72 Å². The van der Waals surface area contributed by atoms with Crippen molar-refractivity contribution in [3.63, 3.8) is 0 Å². The van der Waals surface area contributed by atoms with E-state index in [4.69, 9.17) is 11.0 Å². The molecule has 1 aromatic carbocycles. The van der Waals surface area contributed by atoms with Crippen LogP contribution in [0.2, 0.25) is 0 Å². The SMILES string of the molecule is C[C@@H](CN)NS(=O)(=O)c1ccc(C#N)cc1.Cl. The highest BCUT2D eigenvalue weighted by atomic mass is 35.5. The van der Waals surface area contributed by atoms with Crippen molar-refractivity contribution in [2.75, 3.05) is 6.54 Å². The molecule has 0 saturated heterocycles. The van der Waals surface area contributed by atoms with Gasteiger partial charge in [0.25, 0.3) is 0 Å². The molecule has 0 saturated carbocycles. The fourth-order valence-electron chi connectivity index (χ4n) is 1.09. The van der Waals surface area contributed by atoms with Crippen LogP contribution in [0.5, 0.6) is 0 Å². The zero-order valence-corrected chi connectivity index (χ0v) is 10.9. The molecule has 0 aliphatic heterocycles. The summed E-state index contributed by atoms with van der Waals surface area (Å²) in [6, 6.07) is 7.31. The topological polar surface area (TPSA) is 96.0 Å². The van der Waals surface area contributed by atoms with E-state index < -0.39 is 10.0 Å². The highest BCUT2D eigenvalue weighted by Gasteiger charge is 2.16. The molecule has 0 heterocycles. The van der Waals surface area contributed by atoms with E-state index in [1.165, 1.54) is 24.3 Å². The van der Waals surface area contributed by atoms with Gasteiger partial charge in [0.05, 0.1) is 16.5 Å². The van der Waals surface area contributed by atoms with E-state index >= 15 is 0 Å². The first-order valence-electron chi connectivity index (χ1n) is 4.72. The van der Waals surface area contributed by atoms with Crippen molar-refractivity contribution in [2.24, 2.45) is 5.73 Å². The standard InChI is InChI=1S/C10H13N3O2S.ClH/c1-8(6-11)13-16(14,15)10-4-2-9(7-12)3-5-10;/h2-5,8,13H,6,11H2,1H3;1H/t8-;/m0./s1. The molecule has 7 heteroatoms. The van der Waals surface area contributed by atoms with E-state index in [-0.39, 0.29) is 29.9 Å². The smallest absolute Gasteiger partial charge is 0.240 e. The van der Waals surface area contributed by atoms with E-state index in [1.807, 2.05) is 6.07 Å². The number of hydrogen-bond acceptors (Lipinski definition) is 4. The first-order valence-corrected chi connectivity index (χ1v) is 6.20. The lowest BCUT2D eigenvalue weighted by Gasteiger charge is -2.11. The monoisotopic (exact) mass is 275 g/mol. The Labute approximate surface area is 107 Å². The van der Waals surface area contributed by atoms with Crippen LogP contribution in [0, 0.1) is 11.3 Å². The predicted molar refractivity (Wildman–Crippen MR) is 67.2 cm³/mol. The molecule has 94 valence electrons. The second-order valence-electron chi connectivity index (χ2n) is 3.39. The van der Waals surface area contributed by atoms with Gasteiger partial charge in [-0.05, 0) is 31.2 Å². The molecular formula is C10H14ClN3O2S. The van der Waals surface area contributed by atoms with Crippen molar-refractivity contribution >= 4 is 22.4 Å². The minimum absolute atomic E-state index is 0. The Morgan fingerprint density at radius 1 is 1.41 bits per heavy atom. The average Bonchev–Trinajstić information content (AvgIpc) is 2.28. The normalized spacial score (nSPS) is 12.3. The second-order valence-corrected chi connectivity index (χ2v) is 5.11. The summed E-state index contributed by atoms with van der Waals surface area (Å²) < 4.78 is 25.9. The summed E-state index contributed by atoms with van der Waals surface area (Å²) in [6.07, 6.45) is 0. The third kappa shape index (κ3) is 4.32. The molecular weight excluding hydrogens is 262 g/mol. The Kier molecular flexibility index (Phi) is 6.13. The molecule has 0 aromatic heterocycles.